The molecule has 0 bridgehead atoms. The van der Waals surface area contributed by atoms with E-state index in [9.17, 15) is 24.3 Å². The van der Waals surface area contributed by atoms with E-state index in [-0.39, 0.29) is 29.0 Å². The number of hydrazine groups is 1. The number of pyridine rings is 1. The van der Waals surface area contributed by atoms with Crippen molar-refractivity contribution in [3.63, 3.8) is 0 Å². The number of aromatic nitrogens is 1. The molecule has 0 aliphatic rings. The third-order valence-corrected chi connectivity index (χ3v) is 6.01. The standard InChI is InChI=1S/C30H27N5O6/c1-41-23-12-8-20(9-13-23)27(37)32-25-5-3-2-4-24(25)29(39)33-26(18-19-6-10-22(36)11-7-19)30(40)35-34-28(38)21-14-16-31-17-15-21/h2-17,26,36H,18H2,1H3,(H,32,37)(H,33,39)(H,34,38)(H,35,40)/t26-/m0/s1. The van der Waals surface area contributed by atoms with Crippen molar-refractivity contribution >= 4 is 29.3 Å². The minimum Gasteiger partial charge on any atom is -0.508 e. The first-order valence-electron chi connectivity index (χ1n) is 12.5. The zero-order chi connectivity index (χ0) is 29.2. The van der Waals surface area contributed by atoms with Crippen LogP contribution in [0.3, 0.4) is 0 Å². The van der Waals surface area contributed by atoms with Crippen LogP contribution in [0.5, 0.6) is 11.5 Å². The lowest BCUT2D eigenvalue weighted by atomic mass is 10.0. The predicted molar refractivity (Wildman–Crippen MR) is 150 cm³/mol. The highest BCUT2D eigenvalue weighted by atomic mass is 16.5. The first-order chi connectivity index (χ1) is 19.8. The number of rotatable bonds is 9. The molecule has 3 aromatic carbocycles. The van der Waals surface area contributed by atoms with Gasteiger partial charge in [0.25, 0.3) is 23.6 Å². The number of para-hydroxylation sites is 1. The molecule has 4 aromatic rings. The second kappa shape index (κ2) is 13.4. The number of anilines is 1. The van der Waals surface area contributed by atoms with Crippen molar-refractivity contribution < 1.29 is 29.0 Å². The average molecular weight is 554 g/mol. The highest BCUT2D eigenvalue weighted by Gasteiger charge is 2.24. The van der Waals surface area contributed by atoms with E-state index in [0.29, 0.717) is 16.9 Å². The zero-order valence-corrected chi connectivity index (χ0v) is 22.0. The average Bonchev–Trinajstić information content (AvgIpc) is 3.01. The van der Waals surface area contributed by atoms with Gasteiger partial charge in [0.1, 0.15) is 17.5 Å². The molecule has 208 valence electrons. The molecule has 0 radical (unpaired) electrons. The molecule has 11 nitrogen and oxygen atoms in total. The van der Waals surface area contributed by atoms with Gasteiger partial charge in [0.05, 0.1) is 18.4 Å². The van der Waals surface area contributed by atoms with E-state index in [0.717, 1.165) is 0 Å². The molecular formula is C30H27N5O6. The van der Waals surface area contributed by atoms with Crippen molar-refractivity contribution in [2.75, 3.05) is 12.4 Å². The number of methoxy groups -OCH3 is 1. The lowest BCUT2D eigenvalue weighted by Gasteiger charge is -2.20. The van der Waals surface area contributed by atoms with Gasteiger partial charge in [0, 0.05) is 29.9 Å². The van der Waals surface area contributed by atoms with Crippen molar-refractivity contribution in [3.8, 4) is 11.5 Å². The molecule has 1 heterocycles. The van der Waals surface area contributed by atoms with Crippen LogP contribution in [0.2, 0.25) is 0 Å². The Labute approximate surface area is 235 Å². The van der Waals surface area contributed by atoms with Crippen LogP contribution in [-0.4, -0.2) is 46.9 Å². The molecule has 5 N–H and O–H groups in total. The number of carbonyl (C=O) groups excluding carboxylic acids is 4. The van der Waals surface area contributed by atoms with Gasteiger partial charge in [0.2, 0.25) is 0 Å². The number of hydrogen-bond donors (Lipinski definition) is 5. The fraction of sp³-hybridized carbons (Fsp3) is 0.100. The molecule has 0 saturated carbocycles. The molecule has 1 aromatic heterocycles. The maximum absolute atomic E-state index is 13.4. The van der Waals surface area contributed by atoms with Crippen LogP contribution in [0, 0.1) is 0 Å². The Morgan fingerprint density at radius 3 is 2.12 bits per heavy atom. The minimum absolute atomic E-state index is 0.0450. The summed E-state index contributed by atoms with van der Waals surface area (Å²) < 4.78 is 5.12. The summed E-state index contributed by atoms with van der Waals surface area (Å²) in [5.41, 5.74) is 6.31. The van der Waals surface area contributed by atoms with E-state index in [1.54, 1.807) is 54.6 Å². The van der Waals surface area contributed by atoms with Crippen LogP contribution in [-0.2, 0) is 11.2 Å². The van der Waals surface area contributed by atoms with Gasteiger partial charge in [-0.1, -0.05) is 24.3 Å². The summed E-state index contributed by atoms with van der Waals surface area (Å²) >= 11 is 0. The number of phenols is 1. The van der Waals surface area contributed by atoms with Gasteiger partial charge in [-0.3, -0.25) is 35.0 Å². The molecule has 41 heavy (non-hydrogen) atoms. The van der Waals surface area contributed by atoms with Crippen LogP contribution >= 0.6 is 0 Å². The first kappa shape index (κ1) is 28.3. The van der Waals surface area contributed by atoms with E-state index < -0.39 is 29.7 Å². The van der Waals surface area contributed by atoms with E-state index in [1.165, 1.54) is 49.8 Å². The van der Waals surface area contributed by atoms with Crippen LogP contribution < -0.4 is 26.2 Å². The van der Waals surface area contributed by atoms with Crippen LogP contribution in [0.4, 0.5) is 5.69 Å². The Balaban J connectivity index is 1.50. The molecule has 4 amide bonds. The lowest BCUT2D eigenvalue weighted by Crippen LogP contribution is -2.53. The number of amides is 4. The van der Waals surface area contributed by atoms with Gasteiger partial charge < -0.3 is 20.5 Å². The number of ether oxygens (including phenoxy) is 1. The second-order valence-corrected chi connectivity index (χ2v) is 8.80. The van der Waals surface area contributed by atoms with Gasteiger partial charge in [-0.15, -0.1) is 0 Å². The number of aromatic hydroxyl groups is 1. The SMILES string of the molecule is COc1ccc(C(=O)Nc2ccccc2C(=O)N[C@@H](Cc2ccc(O)cc2)C(=O)NNC(=O)c2ccncc2)cc1. The largest absolute Gasteiger partial charge is 0.508 e. The van der Waals surface area contributed by atoms with Gasteiger partial charge in [-0.2, -0.15) is 0 Å². The fourth-order valence-electron chi connectivity index (χ4n) is 3.82. The quantitative estimate of drug-likeness (QED) is 0.199. The number of nitrogens with one attached hydrogen (secondary N) is 4. The van der Waals surface area contributed by atoms with Gasteiger partial charge in [0.15, 0.2) is 0 Å². The van der Waals surface area contributed by atoms with Crippen LogP contribution in [0.25, 0.3) is 0 Å². The number of benzene rings is 3. The van der Waals surface area contributed by atoms with Crippen molar-refractivity contribution in [2.24, 2.45) is 0 Å². The number of phenolic OH excluding ortho intramolecular Hbond substituents is 1. The van der Waals surface area contributed by atoms with Crippen LogP contribution in [0.1, 0.15) is 36.6 Å². The van der Waals surface area contributed by atoms with Crippen molar-refractivity contribution in [3.05, 3.63) is 120 Å². The maximum atomic E-state index is 13.4. The predicted octanol–water partition coefficient (Wildman–Crippen LogP) is 2.85. The van der Waals surface area contributed by atoms with E-state index >= 15 is 0 Å². The summed E-state index contributed by atoms with van der Waals surface area (Å²) in [5, 5.41) is 15.0. The summed E-state index contributed by atoms with van der Waals surface area (Å²) in [6.07, 6.45) is 2.92. The molecule has 0 saturated heterocycles. The van der Waals surface area contributed by atoms with Gasteiger partial charge in [-0.25, -0.2) is 0 Å². The molecule has 1 atom stereocenters. The normalized spacial score (nSPS) is 11.0. The molecule has 0 unspecified atom stereocenters. The molecule has 0 fully saturated rings. The van der Waals surface area contributed by atoms with Crippen molar-refractivity contribution in [1.29, 1.82) is 0 Å². The zero-order valence-electron chi connectivity index (χ0n) is 22.0. The molecule has 0 aliphatic heterocycles. The molecule has 4 rings (SSSR count). The smallest absolute Gasteiger partial charge is 0.269 e. The summed E-state index contributed by atoms with van der Waals surface area (Å²) in [6.45, 7) is 0. The highest BCUT2D eigenvalue weighted by Crippen LogP contribution is 2.19. The van der Waals surface area contributed by atoms with E-state index in [2.05, 4.69) is 26.5 Å². The Hall–Kier alpha value is -5.71. The summed E-state index contributed by atoms with van der Waals surface area (Å²) in [4.78, 5) is 55.6. The lowest BCUT2D eigenvalue weighted by molar-refractivity contribution is -0.123. The second-order valence-electron chi connectivity index (χ2n) is 8.80. The summed E-state index contributed by atoms with van der Waals surface area (Å²) in [6, 6.07) is 20.8. The third kappa shape index (κ3) is 7.67. The Morgan fingerprint density at radius 2 is 1.44 bits per heavy atom. The van der Waals surface area contributed by atoms with Crippen LogP contribution in [0.15, 0.2) is 97.3 Å². The maximum Gasteiger partial charge on any atom is 0.269 e. The first-order valence-corrected chi connectivity index (χ1v) is 12.5. The topological polar surface area (TPSA) is 159 Å². The van der Waals surface area contributed by atoms with Crippen molar-refractivity contribution in [1.82, 2.24) is 21.2 Å². The van der Waals surface area contributed by atoms with Gasteiger partial charge in [-0.05, 0) is 66.2 Å². The Morgan fingerprint density at radius 1 is 0.780 bits per heavy atom. The number of nitrogens with zero attached hydrogens (tertiary/aromatic N) is 1. The number of carbonyl (C=O) groups is 4. The summed E-state index contributed by atoms with van der Waals surface area (Å²) in [7, 11) is 1.52. The Kier molecular flexibility index (Phi) is 9.24. The fourth-order valence-corrected chi connectivity index (χ4v) is 3.82. The molecule has 0 aliphatic carbocycles. The van der Waals surface area contributed by atoms with E-state index in [4.69, 9.17) is 4.74 Å². The molecular weight excluding hydrogens is 526 g/mol. The minimum atomic E-state index is -1.13. The number of hydrogen-bond acceptors (Lipinski definition) is 7. The third-order valence-electron chi connectivity index (χ3n) is 6.01. The van der Waals surface area contributed by atoms with E-state index in [1.807, 2.05) is 0 Å². The van der Waals surface area contributed by atoms with Gasteiger partial charge >= 0.3 is 0 Å². The Bertz CT molecular complexity index is 1530. The monoisotopic (exact) mass is 553 g/mol. The van der Waals surface area contributed by atoms with Crippen molar-refractivity contribution in [2.45, 2.75) is 12.5 Å². The summed E-state index contributed by atoms with van der Waals surface area (Å²) in [5.74, 6) is -1.68. The highest BCUT2D eigenvalue weighted by molar-refractivity contribution is 6.09. The molecule has 11 heteroatoms. The molecule has 0 spiro atoms.